The first kappa shape index (κ1) is 15.9. The molecule has 2 aromatic rings. The molecule has 0 saturated carbocycles. The van der Waals surface area contributed by atoms with Gasteiger partial charge in [-0.15, -0.1) is 10.2 Å². The topological polar surface area (TPSA) is 41.0 Å². The molecule has 0 spiro atoms. The highest BCUT2D eigenvalue weighted by atomic mass is 32.1. The summed E-state index contributed by atoms with van der Waals surface area (Å²) >= 11 is 1.64. The van der Waals surface area contributed by atoms with Crippen LogP contribution in [0.2, 0.25) is 0 Å². The summed E-state index contributed by atoms with van der Waals surface area (Å²) in [7, 11) is 4.19. The average molecular weight is 304 g/mol. The van der Waals surface area contributed by atoms with Crippen LogP contribution in [-0.4, -0.2) is 35.7 Å². The van der Waals surface area contributed by atoms with Crippen molar-refractivity contribution < 1.29 is 0 Å². The molecule has 0 saturated heterocycles. The number of aromatic nitrogens is 2. The predicted octanol–water partition coefficient (Wildman–Crippen LogP) is 3.55. The number of benzene rings is 1. The molecular formula is C16H24N4S. The summed E-state index contributed by atoms with van der Waals surface area (Å²) in [6.07, 6.45) is 0. The summed E-state index contributed by atoms with van der Waals surface area (Å²) < 4.78 is 0. The molecule has 0 aliphatic heterocycles. The van der Waals surface area contributed by atoms with Crippen molar-refractivity contribution in [3.8, 4) is 0 Å². The van der Waals surface area contributed by atoms with Gasteiger partial charge in [0.15, 0.2) is 0 Å². The van der Waals surface area contributed by atoms with Gasteiger partial charge < -0.3 is 10.2 Å². The van der Waals surface area contributed by atoms with Crippen LogP contribution in [0.4, 0.5) is 5.13 Å². The molecule has 1 unspecified atom stereocenters. The van der Waals surface area contributed by atoms with Gasteiger partial charge in [-0.1, -0.05) is 62.4 Å². The Morgan fingerprint density at radius 2 is 1.81 bits per heavy atom. The number of nitrogens with one attached hydrogen (secondary N) is 1. The Morgan fingerprint density at radius 1 is 1.14 bits per heavy atom. The number of rotatable bonds is 5. The van der Waals surface area contributed by atoms with Crippen molar-refractivity contribution >= 4 is 16.5 Å². The standard InChI is InChI=1S/C16H24N4S/c1-16(2,3)14-18-19-15(21-14)17-11-13(20(4)5)12-9-7-6-8-10-12/h6-10,13H,11H2,1-5H3,(H,17,19). The molecule has 0 aliphatic rings. The van der Waals surface area contributed by atoms with E-state index in [9.17, 15) is 0 Å². The summed E-state index contributed by atoms with van der Waals surface area (Å²) in [6, 6.07) is 10.8. The third-order valence-corrected chi connectivity index (χ3v) is 4.63. The molecule has 1 heterocycles. The molecule has 0 amide bonds. The van der Waals surface area contributed by atoms with Crippen molar-refractivity contribution in [3.05, 3.63) is 40.9 Å². The molecule has 21 heavy (non-hydrogen) atoms. The van der Waals surface area contributed by atoms with Gasteiger partial charge in [-0.05, 0) is 19.7 Å². The average Bonchev–Trinajstić information content (AvgIpc) is 2.88. The molecule has 2 rings (SSSR count). The Kier molecular flexibility index (Phi) is 4.96. The van der Waals surface area contributed by atoms with Gasteiger partial charge in [0.1, 0.15) is 5.01 Å². The third kappa shape index (κ3) is 4.25. The fourth-order valence-corrected chi connectivity index (χ4v) is 2.86. The van der Waals surface area contributed by atoms with Crippen LogP contribution in [0.3, 0.4) is 0 Å². The Morgan fingerprint density at radius 3 is 2.33 bits per heavy atom. The fraction of sp³-hybridized carbons (Fsp3) is 0.500. The van der Waals surface area contributed by atoms with Crippen LogP contribution >= 0.6 is 11.3 Å². The van der Waals surface area contributed by atoms with Crippen LogP contribution in [-0.2, 0) is 5.41 Å². The summed E-state index contributed by atoms with van der Waals surface area (Å²) in [6.45, 7) is 7.29. The largest absolute Gasteiger partial charge is 0.358 e. The molecular weight excluding hydrogens is 280 g/mol. The molecule has 1 atom stereocenters. The zero-order chi connectivity index (χ0) is 15.5. The molecule has 1 N–H and O–H groups in total. The zero-order valence-electron chi connectivity index (χ0n) is 13.4. The van der Waals surface area contributed by atoms with E-state index in [1.54, 1.807) is 11.3 Å². The summed E-state index contributed by atoms with van der Waals surface area (Å²) in [4.78, 5) is 2.22. The molecule has 0 fully saturated rings. The molecule has 1 aromatic carbocycles. The second-order valence-electron chi connectivity index (χ2n) is 6.43. The van der Waals surface area contributed by atoms with Crippen molar-refractivity contribution in [2.75, 3.05) is 26.0 Å². The van der Waals surface area contributed by atoms with Gasteiger partial charge >= 0.3 is 0 Å². The lowest BCUT2D eigenvalue weighted by Gasteiger charge is -2.24. The van der Waals surface area contributed by atoms with Crippen molar-refractivity contribution in [1.82, 2.24) is 15.1 Å². The normalized spacial score (nSPS) is 13.4. The highest BCUT2D eigenvalue weighted by Gasteiger charge is 2.20. The Balaban J connectivity index is 2.04. The van der Waals surface area contributed by atoms with Crippen LogP contribution in [0.5, 0.6) is 0 Å². The van der Waals surface area contributed by atoms with E-state index in [0.717, 1.165) is 16.7 Å². The molecule has 0 radical (unpaired) electrons. The first-order chi connectivity index (χ1) is 9.88. The highest BCUT2D eigenvalue weighted by Crippen LogP contribution is 2.28. The van der Waals surface area contributed by atoms with E-state index < -0.39 is 0 Å². The van der Waals surface area contributed by atoms with Gasteiger partial charge in [0.2, 0.25) is 5.13 Å². The predicted molar refractivity (Wildman–Crippen MR) is 90.0 cm³/mol. The van der Waals surface area contributed by atoms with Crippen LogP contribution in [0.25, 0.3) is 0 Å². The molecule has 1 aromatic heterocycles. The lowest BCUT2D eigenvalue weighted by atomic mass is 9.98. The fourth-order valence-electron chi connectivity index (χ4n) is 2.06. The Hall–Kier alpha value is -1.46. The van der Waals surface area contributed by atoms with Gasteiger partial charge in [-0.3, -0.25) is 0 Å². The maximum atomic E-state index is 4.28. The minimum Gasteiger partial charge on any atom is -0.358 e. The van der Waals surface area contributed by atoms with Crippen molar-refractivity contribution in [1.29, 1.82) is 0 Å². The number of anilines is 1. The highest BCUT2D eigenvalue weighted by molar-refractivity contribution is 7.15. The molecule has 114 valence electrons. The minimum atomic E-state index is 0.0535. The van der Waals surface area contributed by atoms with Crippen molar-refractivity contribution in [2.24, 2.45) is 0 Å². The van der Waals surface area contributed by atoms with E-state index in [4.69, 9.17) is 0 Å². The van der Waals surface area contributed by atoms with Gasteiger partial charge in [0, 0.05) is 12.0 Å². The first-order valence-electron chi connectivity index (χ1n) is 7.17. The summed E-state index contributed by atoms with van der Waals surface area (Å²) in [5.41, 5.74) is 1.35. The van der Waals surface area contributed by atoms with E-state index in [1.807, 2.05) is 6.07 Å². The Labute approximate surface area is 131 Å². The van der Waals surface area contributed by atoms with E-state index in [-0.39, 0.29) is 5.41 Å². The smallest absolute Gasteiger partial charge is 0.205 e. The zero-order valence-corrected chi connectivity index (χ0v) is 14.2. The van der Waals surface area contributed by atoms with E-state index >= 15 is 0 Å². The van der Waals surface area contributed by atoms with Crippen LogP contribution in [0, 0.1) is 0 Å². The second-order valence-corrected chi connectivity index (χ2v) is 7.41. The summed E-state index contributed by atoms with van der Waals surface area (Å²) in [5.74, 6) is 0. The molecule has 4 nitrogen and oxygen atoms in total. The Bertz CT molecular complexity index is 557. The number of nitrogens with zero attached hydrogens (tertiary/aromatic N) is 3. The van der Waals surface area contributed by atoms with E-state index in [1.165, 1.54) is 5.56 Å². The van der Waals surface area contributed by atoms with Crippen LogP contribution in [0.1, 0.15) is 37.4 Å². The van der Waals surface area contributed by atoms with Gasteiger partial charge in [0.25, 0.3) is 0 Å². The van der Waals surface area contributed by atoms with Crippen LogP contribution in [0.15, 0.2) is 30.3 Å². The van der Waals surface area contributed by atoms with E-state index in [2.05, 4.69) is 79.5 Å². The van der Waals surface area contributed by atoms with E-state index in [0.29, 0.717) is 6.04 Å². The summed E-state index contributed by atoms with van der Waals surface area (Å²) in [5, 5.41) is 13.9. The SMILES string of the molecule is CN(C)C(CNc1nnc(C(C)(C)C)s1)c1ccccc1. The number of hydrogen-bond donors (Lipinski definition) is 1. The second kappa shape index (κ2) is 6.54. The van der Waals surface area contributed by atoms with Crippen molar-refractivity contribution in [3.63, 3.8) is 0 Å². The quantitative estimate of drug-likeness (QED) is 0.917. The van der Waals surface area contributed by atoms with Gasteiger partial charge in [0.05, 0.1) is 6.04 Å². The van der Waals surface area contributed by atoms with Gasteiger partial charge in [-0.2, -0.15) is 0 Å². The molecule has 0 aliphatic carbocycles. The maximum Gasteiger partial charge on any atom is 0.205 e. The first-order valence-corrected chi connectivity index (χ1v) is 7.99. The minimum absolute atomic E-state index is 0.0535. The lowest BCUT2D eigenvalue weighted by Crippen LogP contribution is -2.26. The maximum absolute atomic E-state index is 4.28. The van der Waals surface area contributed by atoms with Crippen LogP contribution < -0.4 is 5.32 Å². The lowest BCUT2D eigenvalue weighted by molar-refractivity contribution is 0.312. The molecule has 5 heteroatoms. The monoisotopic (exact) mass is 304 g/mol. The van der Waals surface area contributed by atoms with Crippen molar-refractivity contribution in [2.45, 2.75) is 32.2 Å². The third-order valence-electron chi connectivity index (χ3n) is 3.32. The van der Waals surface area contributed by atoms with Gasteiger partial charge in [-0.25, -0.2) is 0 Å². The number of hydrogen-bond acceptors (Lipinski definition) is 5. The number of likely N-dealkylation sites (N-methyl/N-ethyl adjacent to an activating group) is 1. The molecule has 0 bridgehead atoms.